The van der Waals surface area contributed by atoms with Crippen molar-refractivity contribution < 1.29 is 32.2 Å². The zero-order valence-electron chi connectivity index (χ0n) is 19.1. The van der Waals surface area contributed by atoms with Crippen LogP contribution in [-0.2, 0) is 22.3 Å². The number of carbonyl (C=O) groups is 1. The second kappa shape index (κ2) is 12.0. The van der Waals surface area contributed by atoms with Crippen molar-refractivity contribution in [3.8, 4) is 5.75 Å². The third kappa shape index (κ3) is 6.89. The summed E-state index contributed by atoms with van der Waals surface area (Å²) < 4.78 is 55.1. The van der Waals surface area contributed by atoms with Gasteiger partial charge in [-0.1, -0.05) is 31.3 Å². The zero-order valence-corrected chi connectivity index (χ0v) is 19.9. The van der Waals surface area contributed by atoms with Gasteiger partial charge in [-0.2, -0.15) is 13.2 Å². The van der Waals surface area contributed by atoms with Gasteiger partial charge < -0.3 is 14.2 Å². The van der Waals surface area contributed by atoms with E-state index in [-0.39, 0.29) is 17.3 Å². The number of ether oxygens (including phenoxy) is 3. The molecule has 2 aromatic carbocycles. The summed E-state index contributed by atoms with van der Waals surface area (Å²) in [6.07, 6.45) is -4.45. The molecule has 1 amide bonds. The zero-order chi connectivity index (χ0) is 24.6. The van der Waals surface area contributed by atoms with Crippen molar-refractivity contribution in [3.63, 3.8) is 0 Å². The maximum absolute atomic E-state index is 12.9. The van der Waals surface area contributed by atoms with Crippen LogP contribution in [0.4, 0.5) is 18.3 Å². The number of hydrogen-bond acceptors (Lipinski definition) is 6. The molecule has 3 aromatic rings. The molecule has 0 aliphatic heterocycles. The minimum absolute atomic E-state index is 0.195. The van der Waals surface area contributed by atoms with Crippen LogP contribution in [0.1, 0.15) is 40.9 Å². The van der Waals surface area contributed by atoms with Crippen molar-refractivity contribution in [2.24, 2.45) is 0 Å². The van der Waals surface area contributed by atoms with E-state index < -0.39 is 17.6 Å². The largest absolute Gasteiger partial charge is 0.496 e. The first-order chi connectivity index (χ1) is 15.7. The highest BCUT2D eigenvalue weighted by molar-refractivity contribution is 7.22. The molecule has 0 aliphatic rings. The minimum Gasteiger partial charge on any atom is -0.496 e. The van der Waals surface area contributed by atoms with E-state index in [4.69, 9.17) is 14.2 Å². The normalized spacial score (nSPS) is 11.2. The molecule has 1 heterocycles. The minimum atomic E-state index is -4.45. The first kappa shape index (κ1) is 26.6. The standard InChI is InChI=1S/C21H21F3N2O4S.C2H6/c1-12-8-13(11-30-7-6-28-2)18(29-3)15(9-12)19(27)26-20-25-16-5-4-14(21(22,23)24)10-17(16)31-20;1-2/h4-5,8-10H,6-7,11H2,1-3H3,(H,25,26,27);1-2H3. The second-order valence-corrected chi connectivity index (χ2v) is 7.73. The Labute approximate surface area is 194 Å². The van der Waals surface area contributed by atoms with Crippen LogP contribution in [-0.4, -0.2) is 38.3 Å². The molecule has 33 heavy (non-hydrogen) atoms. The fourth-order valence-electron chi connectivity index (χ4n) is 3.01. The molecular weight excluding hydrogens is 457 g/mol. The Hall–Kier alpha value is -2.69. The lowest BCUT2D eigenvalue weighted by Gasteiger charge is -2.15. The summed E-state index contributed by atoms with van der Waals surface area (Å²) >= 11 is 0.969. The summed E-state index contributed by atoms with van der Waals surface area (Å²) in [4.78, 5) is 17.1. The Morgan fingerprint density at radius 3 is 2.48 bits per heavy atom. The Bertz CT molecular complexity index is 1080. The van der Waals surface area contributed by atoms with Crippen molar-refractivity contribution in [1.82, 2.24) is 4.98 Å². The molecular formula is C23H27F3N2O4S. The molecule has 0 spiro atoms. The molecule has 0 aliphatic carbocycles. The highest BCUT2D eigenvalue weighted by Gasteiger charge is 2.30. The van der Waals surface area contributed by atoms with E-state index in [1.807, 2.05) is 26.8 Å². The molecule has 180 valence electrons. The Kier molecular flexibility index (Phi) is 9.63. The van der Waals surface area contributed by atoms with Crippen LogP contribution < -0.4 is 10.1 Å². The molecule has 0 bridgehead atoms. The number of nitrogens with zero attached hydrogens (tertiary/aromatic N) is 1. The summed E-state index contributed by atoms with van der Waals surface area (Å²) in [5, 5.41) is 2.85. The molecule has 0 atom stereocenters. The van der Waals surface area contributed by atoms with Gasteiger partial charge in [0.05, 0.1) is 48.3 Å². The summed E-state index contributed by atoms with van der Waals surface area (Å²) in [7, 11) is 3.03. The fourth-order valence-corrected chi connectivity index (χ4v) is 3.91. The number of aromatic nitrogens is 1. The van der Waals surface area contributed by atoms with Crippen LogP contribution >= 0.6 is 11.3 Å². The first-order valence-corrected chi connectivity index (χ1v) is 11.1. The van der Waals surface area contributed by atoms with Crippen LogP contribution in [0.25, 0.3) is 10.2 Å². The SMILES string of the molecule is CC.COCCOCc1cc(C)cc(C(=O)Nc2nc3ccc(C(F)(F)F)cc3s2)c1OC. The number of hydrogen-bond donors (Lipinski definition) is 1. The number of alkyl halides is 3. The first-order valence-electron chi connectivity index (χ1n) is 10.3. The van der Waals surface area contributed by atoms with Gasteiger partial charge >= 0.3 is 6.18 Å². The lowest BCUT2D eigenvalue weighted by Crippen LogP contribution is -2.15. The molecule has 10 heteroatoms. The summed E-state index contributed by atoms with van der Waals surface area (Å²) in [6, 6.07) is 6.80. The van der Waals surface area contributed by atoms with Crippen LogP contribution in [0, 0.1) is 6.92 Å². The fraction of sp³-hybridized carbons (Fsp3) is 0.391. The molecule has 0 fully saturated rings. The van der Waals surface area contributed by atoms with E-state index in [9.17, 15) is 18.0 Å². The van der Waals surface area contributed by atoms with E-state index in [0.717, 1.165) is 29.0 Å². The van der Waals surface area contributed by atoms with Crippen LogP contribution in [0.2, 0.25) is 0 Å². The molecule has 1 aromatic heterocycles. The number of halogens is 3. The summed E-state index contributed by atoms with van der Waals surface area (Å²) in [5.74, 6) is -0.116. The lowest BCUT2D eigenvalue weighted by atomic mass is 10.0. The second-order valence-electron chi connectivity index (χ2n) is 6.70. The summed E-state index contributed by atoms with van der Waals surface area (Å²) in [5.41, 5.74) is 1.41. The van der Waals surface area contributed by atoms with Crippen LogP contribution in [0.3, 0.4) is 0 Å². The third-order valence-electron chi connectivity index (χ3n) is 4.38. The topological polar surface area (TPSA) is 69.7 Å². The van der Waals surface area contributed by atoms with Crippen LogP contribution in [0.15, 0.2) is 30.3 Å². The average Bonchev–Trinajstić information content (AvgIpc) is 3.18. The number of amides is 1. The van der Waals surface area contributed by atoms with Gasteiger partial charge in [0.2, 0.25) is 0 Å². The van der Waals surface area contributed by atoms with Crippen molar-refractivity contribution in [3.05, 3.63) is 52.6 Å². The number of benzene rings is 2. The third-order valence-corrected chi connectivity index (χ3v) is 5.32. The average molecular weight is 485 g/mol. The van der Waals surface area contributed by atoms with E-state index >= 15 is 0 Å². The van der Waals surface area contributed by atoms with Crippen molar-refractivity contribution in [2.45, 2.75) is 33.6 Å². The van der Waals surface area contributed by atoms with Crippen molar-refractivity contribution in [1.29, 1.82) is 0 Å². The molecule has 0 radical (unpaired) electrons. The molecule has 1 N–H and O–H groups in total. The maximum atomic E-state index is 12.9. The molecule has 0 saturated heterocycles. The number of carbonyl (C=O) groups excluding carboxylic acids is 1. The maximum Gasteiger partial charge on any atom is 0.416 e. The Morgan fingerprint density at radius 1 is 1.12 bits per heavy atom. The highest BCUT2D eigenvalue weighted by atomic mass is 32.1. The van der Waals surface area contributed by atoms with E-state index in [2.05, 4.69) is 10.3 Å². The van der Waals surface area contributed by atoms with Crippen LogP contribution in [0.5, 0.6) is 5.75 Å². The van der Waals surface area contributed by atoms with Gasteiger partial charge in [-0.05, 0) is 36.8 Å². The monoisotopic (exact) mass is 484 g/mol. The van der Waals surface area contributed by atoms with Gasteiger partial charge in [0, 0.05) is 12.7 Å². The van der Waals surface area contributed by atoms with Gasteiger partial charge in [0.25, 0.3) is 5.91 Å². The van der Waals surface area contributed by atoms with Crippen molar-refractivity contribution >= 4 is 32.6 Å². The molecule has 0 unspecified atom stereocenters. The Balaban J connectivity index is 0.00000187. The highest BCUT2D eigenvalue weighted by Crippen LogP contribution is 2.35. The van der Waals surface area contributed by atoms with E-state index in [1.165, 1.54) is 13.2 Å². The van der Waals surface area contributed by atoms with Crippen molar-refractivity contribution in [2.75, 3.05) is 32.8 Å². The van der Waals surface area contributed by atoms with Gasteiger partial charge in [0.15, 0.2) is 5.13 Å². The molecule has 6 nitrogen and oxygen atoms in total. The lowest BCUT2D eigenvalue weighted by molar-refractivity contribution is -0.137. The molecule has 3 rings (SSSR count). The van der Waals surface area contributed by atoms with Gasteiger partial charge in [0.1, 0.15) is 5.75 Å². The number of fused-ring (bicyclic) bond motifs is 1. The van der Waals surface area contributed by atoms with E-state index in [0.29, 0.717) is 34.7 Å². The number of anilines is 1. The quantitative estimate of drug-likeness (QED) is 0.393. The predicted molar refractivity (Wildman–Crippen MR) is 123 cm³/mol. The Morgan fingerprint density at radius 2 is 1.85 bits per heavy atom. The predicted octanol–water partition coefficient (Wildman–Crippen LogP) is 6.07. The van der Waals surface area contributed by atoms with E-state index in [1.54, 1.807) is 13.2 Å². The number of thiazole rings is 1. The summed E-state index contributed by atoms with van der Waals surface area (Å²) in [6.45, 7) is 6.90. The van der Waals surface area contributed by atoms with Gasteiger partial charge in [-0.25, -0.2) is 4.98 Å². The smallest absolute Gasteiger partial charge is 0.416 e. The number of methoxy groups -OCH3 is 2. The number of rotatable bonds is 8. The number of aryl methyl sites for hydroxylation is 1. The number of nitrogens with one attached hydrogen (secondary N) is 1. The van der Waals surface area contributed by atoms with Gasteiger partial charge in [-0.3, -0.25) is 10.1 Å². The van der Waals surface area contributed by atoms with Gasteiger partial charge in [-0.15, -0.1) is 0 Å². The molecule has 0 saturated carbocycles.